The third-order valence-electron chi connectivity index (χ3n) is 5.64. The smallest absolute Gasteiger partial charge is 0.329 e. The van der Waals surface area contributed by atoms with Crippen molar-refractivity contribution in [3.63, 3.8) is 0 Å². The number of carboxylic acids is 1. The van der Waals surface area contributed by atoms with Crippen LogP contribution in [0.1, 0.15) is 62.0 Å². The highest BCUT2D eigenvalue weighted by molar-refractivity contribution is 5.98. The molecule has 0 aliphatic carbocycles. The van der Waals surface area contributed by atoms with Gasteiger partial charge in [0, 0.05) is 16.7 Å². The number of carbonyl (C=O) groups is 2. The van der Waals surface area contributed by atoms with E-state index in [0.717, 1.165) is 5.56 Å². The molecular weight excluding hydrogens is 394 g/mol. The molecule has 7 heteroatoms. The van der Waals surface area contributed by atoms with Crippen molar-refractivity contribution in [1.29, 1.82) is 5.26 Å². The zero-order chi connectivity index (χ0) is 22.9. The van der Waals surface area contributed by atoms with Gasteiger partial charge < -0.3 is 14.8 Å². The van der Waals surface area contributed by atoms with Crippen molar-refractivity contribution in [2.75, 3.05) is 0 Å². The van der Waals surface area contributed by atoms with Gasteiger partial charge in [-0.3, -0.25) is 4.79 Å². The fourth-order valence-corrected chi connectivity index (χ4v) is 3.19. The van der Waals surface area contributed by atoms with Crippen molar-refractivity contribution in [2.24, 2.45) is 5.92 Å². The Morgan fingerprint density at radius 3 is 2.32 bits per heavy atom. The van der Waals surface area contributed by atoms with Crippen LogP contribution in [-0.2, 0) is 4.79 Å². The number of oxazole rings is 1. The van der Waals surface area contributed by atoms with E-state index >= 15 is 0 Å². The maximum absolute atomic E-state index is 12.6. The molecule has 160 valence electrons. The lowest BCUT2D eigenvalue weighted by molar-refractivity contribution is -0.145. The summed E-state index contributed by atoms with van der Waals surface area (Å²) in [6.07, 6.45) is 0. The Labute approximate surface area is 180 Å². The van der Waals surface area contributed by atoms with Gasteiger partial charge in [-0.15, -0.1) is 0 Å². The number of carbonyl (C=O) groups excluding carboxylic acids is 1. The maximum atomic E-state index is 12.6. The fourth-order valence-electron chi connectivity index (χ4n) is 3.19. The molecule has 1 amide bonds. The van der Waals surface area contributed by atoms with Crippen molar-refractivity contribution in [3.8, 4) is 17.5 Å². The van der Waals surface area contributed by atoms with E-state index in [1.54, 1.807) is 44.2 Å². The van der Waals surface area contributed by atoms with Crippen molar-refractivity contribution >= 4 is 23.0 Å². The molecule has 0 aliphatic heterocycles. The molecule has 0 bridgehead atoms. The van der Waals surface area contributed by atoms with Gasteiger partial charge >= 0.3 is 5.97 Å². The number of carboxylic acid groups (broad SMARTS) is 1. The minimum Gasteiger partial charge on any atom is -0.480 e. The van der Waals surface area contributed by atoms with Gasteiger partial charge in [0.1, 0.15) is 11.1 Å². The molecule has 0 aliphatic rings. The number of amides is 1. The topological polar surface area (TPSA) is 116 Å². The minimum absolute atomic E-state index is 0.159. The first-order chi connectivity index (χ1) is 14.6. The first-order valence-electron chi connectivity index (χ1n) is 10.1. The van der Waals surface area contributed by atoms with Crippen LogP contribution < -0.4 is 5.32 Å². The molecule has 0 fully saturated rings. The number of nitriles is 1. The van der Waals surface area contributed by atoms with Gasteiger partial charge in [-0.25, -0.2) is 9.78 Å². The highest BCUT2D eigenvalue weighted by atomic mass is 16.4. The quantitative estimate of drug-likeness (QED) is 0.597. The summed E-state index contributed by atoms with van der Waals surface area (Å²) in [6, 6.07) is 12.3. The number of fused-ring (bicyclic) bond motifs is 1. The van der Waals surface area contributed by atoms with E-state index in [1.165, 1.54) is 6.92 Å². The molecule has 0 spiro atoms. The SMILES string of the molecule is CC(C)c1cc(C#N)cc2nc(-c3ccc(C(=O)NC(C)(C(=O)O)C(C)C)cc3)oc12. The van der Waals surface area contributed by atoms with Gasteiger partial charge in [0.2, 0.25) is 5.89 Å². The number of benzene rings is 2. The molecule has 3 rings (SSSR count). The van der Waals surface area contributed by atoms with Crippen LogP contribution in [0.4, 0.5) is 0 Å². The van der Waals surface area contributed by atoms with E-state index in [4.69, 9.17) is 4.42 Å². The van der Waals surface area contributed by atoms with Crippen LogP contribution in [0.25, 0.3) is 22.6 Å². The molecule has 7 nitrogen and oxygen atoms in total. The van der Waals surface area contributed by atoms with Gasteiger partial charge in [0.05, 0.1) is 11.6 Å². The summed E-state index contributed by atoms with van der Waals surface area (Å²) in [5.74, 6) is -1.30. The molecule has 3 aromatic rings. The Balaban J connectivity index is 1.92. The predicted molar refractivity (Wildman–Crippen MR) is 117 cm³/mol. The van der Waals surface area contributed by atoms with Crippen molar-refractivity contribution in [2.45, 2.75) is 46.1 Å². The molecular formula is C24H25N3O4. The van der Waals surface area contributed by atoms with Crippen LogP contribution >= 0.6 is 0 Å². The summed E-state index contributed by atoms with van der Waals surface area (Å²) in [5.41, 5.74) is 2.31. The molecule has 2 N–H and O–H groups in total. The summed E-state index contributed by atoms with van der Waals surface area (Å²) in [7, 11) is 0. The zero-order valence-electron chi connectivity index (χ0n) is 18.2. The zero-order valence-corrected chi connectivity index (χ0v) is 18.2. The van der Waals surface area contributed by atoms with Crippen LogP contribution in [0.3, 0.4) is 0 Å². The normalized spacial score (nSPS) is 13.2. The monoisotopic (exact) mass is 419 g/mol. The standard InChI is InChI=1S/C24H25N3O4/c1-13(2)18-10-15(12-25)11-19-20(18)31-22(26-19)17-8-6-16(7-9-17)21(28)27-24(5,14(3)4)23(29)30/h6-11,13-14H,1-5H3,(H,27,28)(H,29,30). The molecule has 2 aromatic carbocycles. The molecule has 0 radical (unpaired) electrons. The van der Waals surface area contributed by atoms with Crippen molar-refractivity contribution in [1.82, 2.24) is 10.3 Å². The van der Waals surface area contributed by atoms with Gasteiger partial charge in [-0.2, -0.15) is 5.26 Å². The second-order valence-electron chi connectivity index (χ2n) is 8.39. The lowest BCUT2D eigenvalue weighted by Crippen LogP contribution is -2.55. The van der Waals surface area contributed by atoms with E-state index in [9.17, 15) is 20.0 Å². The van der Waals surface area contributed by atoms with Crippen LogP contribution in [0.15, 0.2) is 40.8 Å². The van der Waals surface area contributed by atoms with Crippen LogP contribution in [0.5, 0.6) is 0 Å². The van der Waals surface area contributed by atoms with Crippen LogP contribution in [0, 0.1) is 17.2 Å². The second-order valence-corrected chi connectivity index (χ2v) is 8.39. The van der Waals surface area contributed by atoms with E-state index < -0.39 is 17.4 Å². The molecule has 1 heterocycles. The van der Waals surface area contributed by atoms with Crippen LogP contribution in [0.2, 0.25) is 0 Å². The Morgan fingerprint density at radius 1 is 1.16 bits per heavy atom. The predicted octanol–water partition coefficient (Wildman–Crippen LogP) is 4.72. The number of aliphatic carboxylic acids is 1. The Hall–Kier alpha value is -3.66. The third-order valence-corrected chi connectivity index (χ3v) is 5.64. The molecule has 1 aromatic heterocycles. The summed E-state index contributed by atoms with van der Waals surface area (Å²) in [5, 5.41) is 21.4. The van der Waals surface area contributed by atoms with Crippen LogP contribution in [-0.4, -0.2) is 27.5 Å². The Morgan fingerprint density at radius 2 is 1.81 bits per heavy atom. The highest BCUT2D eigenvalue weighted by Gasteiger charge is 2.38. The van der Waals surface area contributed by atoms with E-state index in [0.29, 0.717) is 33.7 Å². The van der Waals surface area contributed by atoms with Crippen molar-refractivity contribution in [3.05, 3.63) is 53.1 Å². The number of nitrogens with zero attached hydrogens (tertiary/aromatic N) is 2. The molecule has 31 heavy (non-hydrogen) atoms. The Kier molecular flexibility index (Phi) is 5.85. The number of aromatic nitrogens is 1. The van der Waals surface area contributed by atoms with E-state index in [1.807, 2.05) is 19.9 Å². The number of rotatable bonds is 6. The molecule has 0 saturated carbocycles. The third kappa shape index (κ3) is 4.15. The minimum atomic E-state index is -1.37. The summed E-state index contributed by atoms with van der Waals surface area (Å²) in [6.45, 7) is 9.02. The summed E-state index contributed by atoms with van der Waals surface area (Å²) in [4.78, 5) is 28.7. The first kappa shape index (κ1) is 22.0. The summed E-state index contributed by atoms with van der Waals surface area (Å²) < 4.78 is 5.99. The molecule has 0 saturated heterocycles. The summed E-state index contributed by atoms with van der Waals surface area (Å²) >= 11 is 0. The Bertz CT molecular complexity index is 1190. The average Bonchev–Trinajstić information content (AvgIpc) is 3.16. The lowest BCUT2D eigenvalue weighted by Gasteiger charge is -2.30. The fraction of sp³-hybridized carbons (Fsp3) is 0.333. The molecule has 1 atom stereocenters. The number of nitrogens with one attached hydrogen (secondary N) is 1. The van der Waals surface area contributed by atoms with Gasteiger partial charge in [-0.05, 0) is 55.2 Å². The van der Waals surface area contributed by atoms with Gasteiger partial charge in [0.15, 0.2) is 5.58 Å². The number of hydrogen-bond donors (Lipinski definition) is 2. The van der Waals surface area contributed by atoms with E-state index in [2.05, 4.69) is 16.4 Å². The van der Waals surface area contributed by atoms with Crippen molar-refractivity contribution < 1.29 is 19.1 Å². The van der Waals surface area contributed by atoms with Gasteiger partial charge in [-0.1, -0.05) is 27.7 Å². The largest absolute Gasteiger partial charge is 0.480 e. The second kappa shape index (κ2) is 8.23. The highest BCUT2D eigenvalue weighted by Crippen LogP contribution is 2.31. The molecule has 1 unspecified atom stereocenters. The van der Waals surface area contributed by atoms with Gasteiger partial charge in [0.25, 0.3) is 5.91 Å². The first-order valence-corrected chi connectivity index (χ1v) is 10.1. The van der Waals surface area contributed by atoms with E-state index in [-0.39, 0.29) is 11.8 Å². The number of hydrogen-bond acceptors (Lipinski definition) is 5. The maximum Gasteiger partial charge on any atom is 0.329 e. The average molecular weight is 419 g/mol. The lowest BCUT2D eigenvalue weighted by atomic mass is 9.88.